The molecule has 0 aliphatic heterocycles. The summed E-state index contributed by atoms with van der Waals surface area (Å²) in [7, 11) is 13.0. The Morgan fingerprint density at radius 3 is 1.11 bits per heavy atom. The molecule has 0 saturated carbocycles. The van der Waals surface area contributed by atoms with Crippen molar-refractivity contribution < 1.29 is 79.2 Å². The number of nitrogens with zero attached hydrogens (tertiary/aromatic N) is 4. The van der Waals surface area contributed by atoms with Gasteiger partial charge in [-0.2, -0.15) is 0 Å². The van der Waals surface area contributed by atoms with Crippen molar-refractivity contribution in [2.24, 2.45) is 23.3 Å². The molecule has 4 unspecified atom stereocenters. The minimum atomic E-state index is -2.77. The fraction of sp³-hybridized carbons (Fsp3) is 0.448. The monoisotopic (exact) mass is 1170 g/mol. The third-order valence-corrected chi connectivity index (χ3v) is 15.6. The van der Waals surface area contributed by atoms with Crippen molar-refractivity contribution in [1.82, 2.24) is 20.4 Å². The molecule has 0 bridgehead atoms. The van der Waals surface area contributed by atoms with Gasteiger partial charge in [0.25, 0.3) is 11.8 Å². The van der Waals surface area contributed by atoms with Gasteiger partial charge in [-0.05, 0) is 118 Å². The number of benzene rings is 4. The molecule has 4 aliphatic carbocycles. The Bertz CT molecular complexity index is 3380. The number of fused-ring (bicyclic) bond motifs is 6. The van der Waals surface area contributed by atoms with Gasteiger partial charge < -0.3 is 83.4 Å². The average molecular weight is 1170 g/mol. The summed E-state index contributed by atoms with van der Waals surface area (Å²) in [6.07, 6.45) is -0.313. The summed E-state index contributed by atoms with van der Waals surface area (Å²) in [5, 5.41) is 103. The number of amides is 4. The molecule has 16 N–H and O–H groups in total. The molecule has 452 valence electrons. The molecule has 26 heteroatoms. The van der Waals surface area contributed by atoms with Crippen LogP contribution in [0, 0.1) is 11.8 Å². The summed E-state index contributed by atoms with van der Waals surface area (Å²) in [5.74, 6) is -14.8. The largest absolute Gasteiger partial charge is 0.508 e. The Kier molecular flexibility index (Phi) is 16.5. The van der Waals surface area contributed by atoms with E-state index in [1.165, 1.54) is 50.1 Å². The zero-order chi connectivity index (χ0) is 63.3. The fourth-order valence-corrected chi connectivity index (χ4v) is 11.7. The summed E-state index contributed by atoms with van der Waals surface area (Å²) < 4.78 is 0. The predicted molar refractivity (Wildman–Crippen MR) is 312 cm³/mol. The number of nitrogens with one attached hydrogen (secondary N) is 4. The first kappa shape index (κ1) is 63.2. The molecule has 0 aromatic heterocycles. The highest BCUT2D eigenvalue weighted by Gasteiger charge is 2.64. The second kappa shape index (κ2) is 22.0. The van der Waals surface area contributed by atoms with Crippen LogP contribution in [-0.2, 0) is 41.6 Å². The van der Waals surface area contributed by atoms with Crippen LogP contribution in [0.1, 0.15) is 73.4 Å². The number of primary amides is 2. The molecule has 4 aromatic carbocycles. The average Bonchev–Trinajstić information content (AvgIpc) is 0.924. The van der Waals surface area contributed by atoms with Crippen molar-refractivity contribution in [3.63, 3.8) is 0 Å². The number of Topliss-reactive ketones (excluding diaryl/α,β-unsaturated/α-hetero) is 4. The predicted octanol–water partition coefficient (Wildman–Crippen LogP) is 1.08. The van der Waals surface area contributed by atoms with Crippen molar-refractivity contribution in [1.29, 1.82) is 0 Å². The highest BCUT2D eigenvalue weighted by molar-refractivity contribution is 6.27. The van der Waals surface area contributed by atoms with Gasteiger partial charge in [0.05, 0.1) is 58.4 Å². The number of aliphatic hydroxyl groups is 4. The number of nitrogens with two attached hydrogens (primary N) is 2. The number of rotatable bonds is 12. The first-order chi connectivity index (χ1) is 38.6. The van der Waals surface area contributed by atoms with Gasteiger partial charge in [0.15, 0.2) is 34.3 Å². The molecule has 0 fully saturated rings. The van der Waals surface area contributed by atoms with Crippen LogP contribution in [0.15, 0.2) is 46.9 Å². The normalized spacial score (nSPS) is 22.3. The van der Waals surface area contributed by atoms with Crippen molar-refractivity contribution in [3.8, 4) is 23.0 Å². The summed E-state index contributed by atoms with van der Waals surface area (Å²) in [5.41, 5.74) is 3.30. The molecule has 0 heterocycles. The summed E-state index contributed by atoms with van der Waals surface area (Å²) in [4.78, 5) is 110. The number of carbonyl (C=O) groups is 8. The fourth-order valence-electron chi connectivity index (χ4n) is 11.7. The molecule has 4 aliphatic rings. The number of carbonyl (C=O) groups excluding carboxylic acids is 8. The highest BCUT2D eigenvalue weighted by Crippen LogP contribution is 2.54. The number of anilines is 4. The van der Waals surface area contributed by atoms with Crippen molar-refractivity contribution >= 4 is 91.1 Å². The quantitative estimate of drug-likeness (QED) is 0.0697. The van der Waals surface area contributed by atoms with Gasteiger partial charge in [-0.25, -0.2) is 0 Å². The van der Waals surface area contributed by atoms with Gasteiger partial charge in [-0.1, -0.05) is 0 Å². The topological polar surface area (TPSA) is 412 Å². The van der Waals surface area contributed by atoms with Gasteiger partial charge in [0, 0.05) is 73.3 Å². The van der Waals surface area contributed by atoms with Gasteiger partial charge in [0.1, 0.15) is 34.2 Å². The first-order valence-corrected chi connectivity index (χ1v) is 26.6. The minimum Gasteiger partial charge on any atom is -0.508 e. The molecule has 0 radical (unpaired) electrons. The number of phenols is 4. The highest BCUT2D eigenvalue weighted by atomic mass is 16.4. The van der Waals surface area contributed by atoms with Crippen molar-refractivity contribution in [3.05, 3.63) is 69.2 Å². The summed E-state index contributed by atoms with van der Waals surface area (Å²) in [6, 6.07) is 3.77. The van der Waals surface area contributed by atoms with E-state index in [0.29, 0.717) is 22.1 Å². The van der Waals surface area contributed by atoms with E-state index in [1.54, 1.807) is 50.1 Å². The maximum absolute atomic E-state index is 14.0. The Morgan fingerprint density at radius 2 is 0.845 bits per heavy atom. The van der Waals surface area contributed by atoms with Gasteiger partial charge in [-0.15, -0.1) is 0 Å². The van der Waals surface area contributed by atoms with Crippen molar-refractivity contribution in [2.75, 3.05) is 89.9 Å². The number of aromatic hydroxyl groups is 4. The van der Waals surface area contributed by atoms with E-state index in [0.717, 1.165) is 0 Å². The van der Waals surface area contributed by atoms with Gasteiger partial charge in [-0.3, -0.25) is 48.2 Å². The third kappa shape index (κ3) is 10.6. The van der Waals surface area contributed by atoms with E-state index >= 15 is 0 Å². The second-order valence-corrected chi connectivity index (χ2v) is 24.6. The van der Waals surface area contributed by atoms with E-state index < -0.39 is 139 Å². The van der Waals surface area contributed by atoms with Crippen LogP contribution in [0.3, 0.4) is 0 Å². The van der Waals surface area contributed by atoms with Crippen LogP contribution < -0.4 is 42.5 Å². The number of hydrogen-bond donors (Lipinski definition) is 14. The first-order valence-electron chi connectivity index (χ1n) is 26.6. The lowest BCUT2D eigenvalue weighted by Crippen LogP contribution is -2.64. The van der Waals surface area contributed by atoms with Crippen LogP contribution in [0.2, 0.25) is 0 Å². The zero-order valence-electron chi connectivity index (χ0n) is 49.2. The van der Waals surface area contributed by atoms with E-state index in [4.69, 9.17) is 11.5 Å². The van der Waals surface area contributed by atoms with Crippen LogP contribution >= 0.6 is 0 Å². The molecule has 4 aromatic rings. The molecule has 84 heavy (non-hydrogen) atoms. The number of likely N-dealkylation sites (N-methyl/N-ethyl adjacent to an activating group) is 2. The van der Waals surface area contributed by atoms with Gasteiger partial charge >= 0.3 is 0 Å². The lowest BCUT2D eigenvalue weighted by atomic mass is 9.62. The Hall–Kier alpha value is -8.40. The van der Waals surface area contributed by atoms with Crippen LogP contribution in [0.25, 0.3) is 21.5 Å². The summed E-state index contributed by atoms with van der Waals surface area (Å²) in [6.45, 7) is 11.2. The molecule has 6 atom stereocenters. The second-order valence-electron chi connectivity index (χ2n) is 24.6. The summed E-state index contributed by atoms with van der Waals surface area (Å²) >= 11 is 0. The van der Waals surface area contributed by atoms with E-state index in [-0.39, 0.29) is 70.3 Å². The maximum atomic E-state index is 14.0. The number of hydrogen-bond acceptors (Lipinski definition) is 22. The number of phenolic OH excluding ortho intramolecular Hbond substituents is 4. The van der Waals surface area contributed by atoms with Crippen LogP contribution in [-0.4, -0.2) is 201 Å². The SMILES string of the molecule is CN(C)c1cc(NC(=O)CNC(C)(C)C)c(O)c2c(O)c3c(cc12)CC1C(N(C)C)C(=O)C(C(N)=O)=C(O)[C@@]1(O)C3=O.CN(C)c1cc(NC(=O)CNC(C)(C)C)c(O)c2c(O)c3c(cc12)CC1C(N(C)C)C(=O)C(C(N)=O)=C(O)[C@@]1(O)C3=O. The van der Waals surface area contributed by atoms with E-state index in [1.807, 2.05) is 41.5 Å². The molecule has 0 spiro atoms. The number of ketones is 4. The Balaban J connectivity index is 0.000000241. The van der Waals surface area contributed by atoms with Gasteiger partial charge in [0.2, 0.25) is 23.4 Å². The van der Waals surface area contributed by atoms with E-state index in [2.05, 4.69) is 21.3 Å². The zero-order valence-corrected chi connectivity index (χ0v) is 49.2. The minimum absolute atomic E-state index is 0.0308. The molecule has 4 amide bonds. The van der Waals surface area contributed by atoms with Crippen molar-refractivity contribution in [2.45, 2.75) is 88.7 Å². The standard InChI is InChI=1S/2C29H37N5O8/c2*1-28(2,3)31-11-17(35)32-15-10-16(33(4)5)13-8-12-9-14-21(34(6)7)24(38)20(27(30)41)26(40)29(14,42)25(39)18(12)23(37)19(13)22(15)36/h2*8,10,14,21,31,36-37,40,42H,9,11H2,1-7H3,(H2,30,41)(H,32,35)/t2*14?,21?,29-/m00/s1. The van der Waals surface area contributed by atoms with E-state index in [9.17, 15) is 79.2 Å². The van der Waals surface area contributed by atoms with Crippen LogP contribution in [0.4, 0.5) is 22.7 Å². The molecule has 26 nitrogen and oxygen atoms in total. The lowest BCUT2D eigenvalue weighted by molar-refractivity contribution is -0.133. The lowest BCUT2D eigenvalue weighted by Gasteiger charge is -2.47. The third-order valence-electron chi connectivity index (χ3n) is 15.6. The smallest absolute Gasteiger partial charge is 0.255 e. The Morgan fingerprint density at radius 1 is 0.536 bits per heavy atom. The number of aliphatic hydroxyl groups excluding tert-OH is 2. The molecular formula is C58H74N10O16. The van der Waals surface area contributed by atoms with Crippen LogP contribution in [0.5, 0.6) is 23.0 Å². The molecule has 8 rings (SSSR count). The molecule has 0 saturated heterocycles. The maximum Gasteiger partial charge on any atom is 0.255 e. The Labute approximate surface area is 483 Å². The molecular weight excluding hydrogens is 1090 g/mol.